The van der Waals surface area contributed by atoms with E-state index in [9.17, 15) is 19.5 Å². The van der Waals surface area contributed by atoms with Crippen LogP contribution in [0, 0.1) is 0 Å². The molecule has 0 bridgehead atoms. The first-order valence-corrected chi connectivity index (χ1v) is 11.1. The predicted octanol–water partition coefficient (Wildman–Crippen LogP) is 4.41. The molecule has 1 aromatic heterocycles. The number of nitrogens with one attached hydrogen (secondary N) is 2. The zero-order valence-electron chi connectivity index (χ0n) is 18.6. The molecule has 1 aliphatic carbocycles. The summed E-state index contributed by atoms with van der Waals surface area (Å²) >= 11 is 0. The lowest BCUT2D eigenvalue weighted by Crippen LogP contribution is -2.40. The van der Waals surface area contributed by atoms with E-state index in [1.807, 2.05) is 55.5 Å². The second kappa shape index (κ2) is 10.2. The molecule has 0 radical (unpaired) electrons. The van der Waals surface area contributed by atoms with Gasteiger partial charge >= 0.3 is 12.1 Å². The molecule has 4 rings (SSSR count). The highest BCUT2D eigenvalue weighted by molar-refractivity contribution is 5.96. The number of carboxylic acid groups (broad SMARTS) is 1. The number of fused-ring (bicyclic) bond motifs is 3. The fraction of sp³-hybridized carbons (Fsp3) is 0.280. The molecule has 2 aromatic carbocycles. The van der Waals surface area contributed by atoms with E-state index in [4.69, 9.17) is 9.26 Å². The van der Waals surface area contributed by atoms with Crippen molar-refractivity contribution in [1.82, 2.24) is 10.5 Å². The van der Waals surface area contributed by atoms with Crippen molar-refractivity contribution in [2.75, 3.05) is 11.9 Å². The van der Waals surface area contributed by atoms with E-state index in [0.717, 1.165) is 28.7 Å². The Morgan fingerprint density at radius 3 is 2.35 bits per heavy atom. The van der Waals surface area contributed by atoms with Gasteiger partial charge in [-0.2, -0.15) is 0 Å². The fourth-order valence-corrected chi connectivity index (χ4v) is 4.07. The van der Waals surface area contributed by atoms with Gasteiger partial charge in [-0.05, 0) is 28.7 Å². The average Bonchev–Trinajstić information content (AvgIpc) is 3.43. The van der Waals surface area contributed by atoms with Crippen LogP contribution in [-0.4, -0.2) is 40.9 Å². The third-order valence-corrected chi connectivity index (χ3v) is 5.76. The first-order valence-electron chi connectivity index (χ1n) is 11.1. The van der Waals surface area contributed by atoms with Crippen LogP contribution < -0.4 is 10.6 Å². The van der Waals surface area contributed by atoms with Crippen molar-refractivity contribution < 1.29 is 28.8 Å². The Bertz CT molecular complexity index is 1160. The van der Waals surface area contributed by atoms with Crippen LogP contribution in [0.25, 0.3) is 11.1 Å². The maximum absolute atomic E-state index is 12.4. The molecule has 0 aliphatic heterocycles. The quantitative estimate of drug-likeness (QED) is 0.428. The fourth-order valence-electron chi connectivity index (χ4n) is 4.07. The molecule has 3 N–H and O–H groups in total. The number of aromatic nitrogens is 1. The second-order valence-electron chi connectivity index (χ2n) is 8.03. The minimum absolute atomic E-state index is 0.0807. The van der Waals surface area contributed by atoms with Gasteiger partial charge in [-0.3, -0.25) is 10.1 Å². The van der Waals surface area contributed by atoms with E-state index < -0.39 is 24.0 Å². The molecule has 2 amide bonds. The largest absolute Gasteiger partial charge is 0.480 e. The summed E-state index contributed by atoms with van der Waals surface area (Å²) in [7, 11) is 0. The Kier molecular flexibility index (Phi) is 6.91. The summed E-state index contributed by atoms with van der Waals surface area (Å²) < 4.78 is 10.4. The summed E-state index contributed by atoms with van der Waals surface area (Å²) in [5.41, 5.74) is 4.28. The van der Waals surface area contributed by atoms with E-state index in [-0.39, 0.29) is 24.1 Å². The lowest BCUT2D eigenvalue weighted by atomic mass is 9.98. The zero-order chi connectivity index (χ0) is 24.1. The van der Waals surface area contributed by atoms with Crippen molar-refractivity contribution >= 4 is 23.9 Å². The Labute approximate surface area is 196 Å². The molecule has 176 valence electrons. The van der Waals surface area contributed by atoms with Gasteiger partial charge in [0.25, 0.3) is 5.91 Å². The van der Waals surface area contributed by atoms with Crippen molar-refractivity contribution in [2.45, 2.75) is 38.1 Å². The van der Waals surface area contributed by atoms with Gasteiger partial charge in [0.2, 0.25) is 5.88 Å². The number of ether oxygens (including phenoxy) is 1. The number of rotatable bonds is 9. The van der Waals surface area contributed by atoms with Crippen molar-refractivity contribution in [2.24, 2.45) is 0 Å². The molecule has 9 heteroatoms. The third-order valence-electron chi connectivity index (χ3n) is 5.76. The predicted molar refractivity (Wildman–Crippen MR) is 124 cm³/mol. The molecular weight excluding hydrogens is 438 g/mol. The van der Waals surface area contributed by atoms with Crippen LogP contribution in [0.4, 0.5) is 10.7 Å². The number of anilines is 1. The number of hydrogen-bond donors (Lipinski definition) is 3. The highest BCUT2D eigenvalue weighted by atomic mass is 16.6. The van der Waals surface area contributed by atoms with Gasteiger partial charge in [0.15, 0.2) is 5.69 Å². The van der Waals surface area contributed by atoms with Crippen molar-refractivity contribution in [1.29, 1.82) is 0 Å². The van der Waals surface area contributed by atoms with Gasteiger partial charge in [0, 0.05) is 12.0 Å². The molecule has 0 saturated heterocycles. The van der Waals surface area contributed by atoms with Crippen LogP contribution in [0.2, 0.25) is 0 Å². The van der Waals surface area contributed by atoms with E-state index in [1.54, 1.807) is 0 Å². The number of carboxylic acids is 1. The summed E-state index contributed by atoms with van der Waals surface area (Å²) in [6, 6.07) is 16.2. The number of amides is 2. The number of carbonyl (C=O) groups is 3. The van der Waals surface area contributed by atoms with Gasteiger partial charge in [0.1, 0.15) is 12.6 Å². The molecule has 9 nitrogen and oxygen atoms in total. The third kappa shape index (κ3) is 4.93. The standard InChI is InChI=1S/C25H25N3O6/c1-2-3-12-20(24(30)31)26-23(29)21-13-22(34-28-21)27-25(32)33-14-19-17-10-6-4-8-15(17)16-9-5-7-11-18(16)19/h4-11,13,19-20H,2-3,12,14H2,1H3,(H,26,29)(H,27,32)(H,30,31). The van der Waals surface area contributed by atoms with Gasteiger partial charge in [-0.15, -0.1) is 0 Å². The van der Waals surface area contributed by atoms with Crippen molar-refractivity contribution in [3.63, 3.8) is 0 Å². The molecule has 1 atom stereocenters. The lowest BCUT2D eigenvalue weighted by Gasteiger charge is -2.14. The zero-order valence-corrected chi connectivity index (χ0v) is 18.6. The van der Waals surface area contributed by atoms with Crippen molar-refractivity contribution in [3.8, 4) is 11.1 Å². The average molecular weight is 463 g/mol. The number of carbonyl (C=O) groups excluding carboxylic acids is 2. The number of nitrogens with zero attached hydrogens (tertiary/aromatic N) is 1. The van der Waals surface area contributed by atoms with E-state index in [0.29, 0.717) is 12.8 Å². The highest BCUT2D eigenvalue weighted by Gasteiger charge is 2.29. The Balaban J connectivity index is 1.35. The molecule has 0 spiro atoms. The van der Waals surface area contributed by atoms with E-state index in [1.165, 1.54) is 6.07 Å². The van der Waals surface area contributed by atoms with E-state index >= 15 is 0 Å². The SMILES string of the molecule is CCCCC(NC(=O)c1cc(NC(=O)OCC2c3ccccc3-c3ccccc32)on1)C(=O)O. The molecule has 34 heavy (non-hydrogen) atoms. The summed E-state index contributed by atoms with van der Waals surface area (Å²) in [4.78, 5) is 36.0. The Morgan fingerprint density at radius 1 is 1.09 bits per heavy atom. The number of benzene rings is 2. The molecule has 1 aliphatic rings. The minimum atomic E-state index is -1.12. The normalized spacial score (nSPS) is 13.0. The molecular formula is C25H25N3O6. The summed E-state index contributed by atoms with van der Waals surface area (Å²) in [6.45, 7) is 2.05. The molecule has 1 unspecified atom stereocenters. The van der Waals surface area contributed by atoms with E-state index in [2.05, 4.69) is 15.8 Å². The summed E-state index contributed by atoms with van der Waals surface area (Å²) in [5, 5.41) is 17.7. The van der Waals surface area contributed by atoms with Crippen molar-refractivity contribution in [3.05, 3.63) is 71.4 Å². The maximum Gasteiger partial charge on any atom is 0.414 e. The van der Waals surface area contributed by atoms with Crippen LogP contribution in [0.15, 0.2) is 59.1 Å². The Hall–Kier alpha value is -4.14. The second-order valence-corrected chi connectivity index (χ2v) is 8.03. The number of aliphatic carboxylic acids is 1. The lowest BCUT2D eigenvalue weighted by molar-refractivity contribution is -0.139. The smallest absolute Gasteiger partial charge is 0.414 e. The van der Waals surface area contributed by atoms with Crippen LogP contribution in [0.5, 0.6) is 0 Å². The van der Waals surface area contributed by atoms with Gasteiger partial charge in [-0.1, -0.05) is 73.5 Å². The van der Waals surface area contributed by atoms with Crippen LogP contribution in [-0.2, 0) is 9.53 Å². The molecule has 3 aromatic rings. The number of hydrogen-bond acceptors (Lipinski definition) is 6. The van der Waals surface area contributed by atoms with Crippen LogP contribution in [0.3, 0.4) is 0 Å². The van der Waals surface area contributed by atoms with Crippen LogP contribution >= 0.6 is 0 Å². The first kappa shape index (κ1) is 23.0. The van der Waals surface area contributed by atoms with Gasteiger partial charge < -0.3 is 19.7 Å². The minimum Gasteiger partial charge on any atom is -0.480 e. The highest BCUT2D eigenvalue weighted by Crippen LogP contribution is 2.44. The summed E-state index contributed by atoms with van der Waals surface area (Å²) in [6.07, 6.45) is 1.01. The topological polar surface area (TPSA) is 131 Å². The Morgan fingerprint density at radius 2 is 1.74 bits per heavy atom. The monoisotopic (exact) mass is 463 g/mol. The first-order chi connectivity index (χ1) is 16.5. The van der Waals surface area contributed by atoms with Gasteiger partial charge in [0.05, 0.1) is 0 Å². The molecule has 0 saturated carbocycles. The van der Waals surface area contributed by atoms with Gasteiger partial charge in [-0.25, -0.2) is 9.59 Å². The number of unbranched alkanes of at least 4 members (excludes halogenated alkanes) is 1. The van der Waals surface area contributed by atoms with Crippen LogP contribution in [0.1, 0.15) is 53.7 Å². The summed E-state index contributed by atoms with van der Waals surface area (Å²) in [5.74, 6) is -2.00. The molecule has 0 fully saturated rings. The maximum atomic E-state index is 12.4. The molecule has 1 heterocycles.